The number of carbonyl (C=O) groups is 2. The Bertz CT molecular complexity index is 1400. The van der Waals surface area contributed by atoms with Crippen molar-refractivity contribution in [2.24, 2.45) is 0 Å². The molecule has 4 aliphatic rings. The molecule has 0 atom stereocenters. The second-order valence-corrected chi connectivity index (χ2v) is 12.9. The van der Waals surface area contributed by atoms with Gasteiger partial charge in [-0.25, -0.2) is 4.79 Å². The van der Waals surface area contributed by atoms with Gasteiger partial charge in [-0.15, -0.1) is 0 Å². The number of nitrogens with one attached hydrogen (secondary N) is 4. The maximum Gasteiger partial charge on any atom is 0.410 e. The van der Waals surface area contributed by atoms with Crippen LogP contribution in [0.4, 0.5) is 10.5 Å². The molecule has 42 heavy (non-hydrogen) atoms. The summed E-state index contributed by atoms with van der Waals surface area (Å²) < 4.78 is 5.56. The van der Waals surface area contributed by atoms with E-state index in [0.29, 0.717) is 43.2 Å². The summed E-state index contributed by atoms with van der Waals surface area (Å²) >= 11 is 0. The number of amides is 2. The summed E-state index contributed by atoms with van der Waals surface area (Å²) in [7, 11) is 0. The molecule has 1 aromatic carbocycles. The van der Waals surface area contributed by atoms with Crippen molar-refractivity contribution in [3.05, 3.63) is 69.1 Å². The molecule has 0 unspecified atom stereocenters. The molecule has 0 aromatic heterocycles. The monoisotopic (exact) mass is 571 g/mol. The maximum absolute atomic E-state index is 13.8. The van der Waals surface area contributed by atoms with E-state index in [0.717, 1.165) is 65.0 Å². The number of anilines is 1. The van der Waals surface area contributed by atoms with E-state index in [1.54, 1.807) is 4.90 Å². The zero-order valence-electron chi connectivity index (χ0n) is 25.7. The van der Waals surface area contributed by atoms with Crippen molar-refractivity contribution < 1.29 is 14.3 Å². The molecule has 2 aliphatic carbocycles. The Labute approximate surface area is 249 Å². The highest BCUT2D eigenvalue weighted by molar-refractivity contribution is 6.06. The number of dihydropyridines is 1. The summed E-state index contributed by atoms with van der Waals surface area (Å²) in [6, 6.07) is 4.32. The number of allylic oxidation sites excluding steroid dienone is 4. The maximum atomic E-state index is 13.8. The van der Waals surface area contributed by atoms with Gasteiger partial charge in [-0.05, 0) is 113 Å². The van der Waals surface area contributed by atoms with Crippen LogP contribution in [0.25, 0.3) is 5.57 Å². The lowest BCUT2D eigenvalue weighted by molar-refractivity contribution is 0.0270. The van der Waals surface area contributed by atoms with E-state index in [9.17, 15) is 9.59 Å². The van der Waals surface area contributed by atoms with Crippen LogP contribution in [0.5, 0.6) is 0 Å². The van der Waals surface area contributed by atoms with Gasteiger partial charge in [-0.2, -0.15) is 0 Å². The van der Waals surface area contributed by atoms with Crippen LogP contribution in [0.2, 0.25) is 0 Å². The van der Waals surface area contributed by atoms with Crippen LogP contribution in [-0.2, 0) is 4.74 Å². The molecule has 5 rings (SSSR count). The minimum absolute atomic E-state index is 0.191. The van der Waals surface area contributed by atoms with Gasteiger partial charge in [0.05, 0.1) is 5.56 Å². The largest absolute Gasteiger partial charge is 0.444 e. The highest BCUT2D eigenvalue weighted by Crippen LogP contribution is 2.37. The summed E-state index contributed by atoms with van der Waals surface area (Å²) in [6.07, 6.45) is 12.6. The fourth-order valence-electron chi connectivity index (χ4n) is 6.04. The lowest BCUT2D eigenvalue weighted by atomic mass is 9.93. The molecule has 4 N–H and O–H groups in total. The minimum Gasteiger partial charge on any atom is -0.444 e. The van der Waals surface area contributed by atoms with E-state index in [-0.39, 0.29) is 12.0 Å². The third-order valence-electron chi connectivity index (χ3n) is 8.33. The third-order valence-corrected chi connectivity index (χ3v) is 8.33. The topological polar surface area (TPSA) is 107 Å². The Morgan fingerprint density at radius 3 is 2.50 bits per heavy atom. The molecule has 2 aliphatic heterocycles. The van der Waals surface area contributed by atoms with Gasteiger partial charge >= 0.3 is 6.09 Å². The fraction of sp³-hybridized carbons (Fsp3) is 0.500. The molecule has 0 saturated heterocycles. The van der Waals surface area contributed by atoms with Gasteiger partial charge in [-0.3, -0.25) is 4.79 Å². The van der Waals surface area contributed by atoms with E-state index in [1.807, 2.05) is 26.8 Å². The second-order valence-electron chi connectivity index (χ2n) is 12.9. The number of hydrogen-bond donors (Lipinski definition) is 4. The second kappa shape index (κ2) is 12.2. The van der Waals surface area contributed by atoms with Gasteiger partial charge in [0, 0.05) is 54.5 Å². The van der Waals surface area contributed by atoms with E-state index < -0.39 is 5.60 Å². The summed E-state index contributed by atoms with van der Waals surface area (Å²) in [5, 5.41) is 18.6. The Hall–Kier alpha value is -3.81. The van der Waals surface area contributed by atoms with Crippen molar-refractivity contribution in [1.29, 1.82) is 5.41 Å². The normalized spacial score (nSPS) is 19.2. The van der Waals surface area contributed by atoms with E-state index in [1.165, 1.54) is 24.6 Å². The molecule has 0 radical (unpaired) electrons. The van der Waals surface area contributed by atoms with Crippen molar-refractivity contribution in [3.63, 3.8) is 0 Å². The highest BCUT2D eigenvalue weighted by Gasteiger charge is 2.27. The molecule has 2 amide bonds. The highest BCUT2D eigenvalue weighted by atomic mass is 16.6. The summed E-state index contributed by atoms with van der Waals surface area (Å²) in [5.41, 5.74) is 9.37. The number of carbonyl (C=O) groups excluding carboxylic acids is 2. The quantitative estimate of drug-likeness (QED) is 0.274. The number of nitrogens with zero attached hydrogens (tertiary/aromatic N) is 1. The van der Waals surface area contributed by atoms with Gasteiger partial charge in [0.25, 0.3) is 5.91 Å². The molecule has 2 heterocycles. The zero-order chi connectivity index (χ0) is 30.0. The molecule has 8 heteroatoms. The average molecular weight is 572 g/mol. The molecule has 224 valence electrons. The first-order valence-electron chi connectivity index (χ1n) is 15.3. The summed E-state index contributed by atoms with van der Waals surface area (Å²) in [5.74, 6) is -0.191. The average Bonchev–Trinajstić information content (AvgIpc) is 3.66. The summed E-state index contributed by atoms with van der Waals surface area (Å²) in [4.78, 5) is 28.1. The predicted molar refractivity (Wildman–Crippen MR) is 169 cm³/mol. The molecule has 2 fully saturated rings. The minimum atomic E-state index is -0.542. The van der Waals surface area contributed by atoms with Gasteiger partial charge < -0.3 is 31.0 Å². The lowest BCUT2D eigenvalue weighted by Crippen LogP contribution is -2.39. The van der Waals surface area contributed by atoms with Crippen LogP contribution in [0.1, 0.15) is 101 Å². The predicted octanol–water partition coefficient (Wildman–Crippen LogP) is 6.66. The van der Waals surface area contributed by atoms with Crippen LogP contribution >= 0.6 is 0 Å². The Morgan fingerprint density at radius 1 is 1.14 bits per heavy atom. The first kappa shape index (κ1) is 29.7. The Morgan fingerprint density at radius 2 is 1.88 bits per heavy atom. The van der Waals surface area contributed by atoms with Crippen molar-refractivity contribution in [3.8, 4) is 0 Å². The standard InChI is InChI=1S/C34H45N5O3/c1-21-16-22(2)37-31(24-10-11-24)29(21)20-36-32(40)27-17-25(18-30(28(27)19-35)38-26-8-6-7-9-26)23-12-14-39(15-13-23)33(41)42-34(3,4)5/h12,16-19,26,35,37-38H,6-11,13-15,20H2,1-5H3,(H,36,40). The Balaban J connectivity index is 1.42. The van der Waals surface area contributed by atoms with Crippen LogP contribution in [0.3, 0.4) is 0 Å². The van der Waals surface area contributed by atoms with E-state index >= 15 is 0 Å². The van der Waals surface area contributed by atoms with E-state index in [4.69, 9.17) is 10.1 Å². The molecular weight excluding hydrogens is 526 g/mol. The molecule has 0 spiro atoms. The third kappa shape index (κ3) is 6.97. The van der Waals surface area contributed by atoms with Crippen LogP contribution in [-0.4, -0.2) is 54.4 Å². The number of ether oxygens (including phenoxy) is 1. The van der Waals surface area contributed by atoms with Crippen molar-refractivity contribution >= 4 is 29.5 Å². The van der Waals surface area contributed by atoms with Gasteiger partial charge in [0.2, 0.25) is 0 Å². The SMILES string of the molecule is CC1=CC(C)=C(CNC(=O)c2cc(C3=CCN(C(=O)OC(C)(C)C)CC3)cc(NC3CCCC3)c2C=N)C(=C2CC2)N1. The smallest absolute Gasteiger partial charge is 0.410 e. The van der Waals surface area contributed by atoms with Crippen LogP contribution < -0.4 is 16.0 Å². The Kier molecular flexibility index (Phi) is 8.62. The molecule has 2 saturated carbocycles. The van der Waals surface area contributed by atoms with Crippen molar-refractivity contribution in [1.82, 2.24) is 15.5 Å². The number of hydrogen-bond acceptors (Lipinski definition) is 6. The molecular formula is C34H45N5O3. The fourth-order valence-corrected chi connectivity index (χ4v) is 6.04. The molecule has 0 bridgehead atoms. The molecule has 1 aromatic rings. The van der Waals surface area contributed by atoms with E-state index in [2.05, 4.69) is 48.0 Å². The molecule has 8 nitrogen and oxygen atoms in total. The lowest BCUT2D eigenvalue weighted by Gasteiger charge is -2.30. The van der Waals surface area contributed by atoms with Crippen molar-refractivity contribution in [2.45, 2.75) is 91.2 Å². The first-order chi connectivity index (χ1) is 20.0. The van der Waals surface area contributed by atoms with Gasteiger partial charge in [-0.1, -0.05) is 18.9 Å². The van der Waals surface area contributed by atoms with Gasteiger partial charge in [0.15, 0.2) is 0 Å². The summed E-state index contributed by atoms with van der Waals surface area (Å²) in [6.45, 7) is 11.2. The number of benzene rings is 1. The zero-order valence-corrected chi connectivity index (χ0v) is 25.7. The van der Waals surface area contributed by atoms with Gasteiger partial charge in [0.1, 0.15) is 5.60 Å². The van der Waals surface area contributed by atoms with Crippen LogP contribution in [0, 0.1) is 5.41 Å². The number of rotatable bonds is 7. The first-order valence-corrected chi connectivity index (χ1v) is 15.3. The van der Waals surface area contributed by atoms with Crippen LogP contribution in [0.15, 0.2) is 52.4 Å². The van der Waals surface area contributed by atoms with Crippen molar-refractivity contribution in [2.75, 3.05) is 25.0 Å².